The molecule has 0 unspecified atom stereocenters. The van der Waals surface area contributed by atoms with E-state index in [1.807, 2.05) is 66.2 Å². The van der Waals surface area contributed by atoms with Gasteiger partial charge in [-0.2, -0.15) is 5.26 Å². The van der Waals surface area contributed by atoms with Gasteiger partial charge in [0.1, 0.15) is 10.9 Å². The summed E-state index contributed by atoms with van der Waals surface area (Å²) >= 11 is 1.46. The van der Waals surface area contributed by atoms with E-state index in [0.29, 0.717) is 0 Å². The summed E-state index contributed by atoms with van der Waals surface area (Å²) in [4.78, 5) is 4.08. The summed E-state index contributed by atoms with van der Waals surface area (Å²) in [7, 11) is 0. The van der Waals surface area contributed by atoms with Crippen molar-refractivity contribution in [2.45, 2.75) is 0 Å². The molecule has 0 aliphatic heterocycles. The molecule has 0 saturated heterocycles. The lowest BCUT2D eigenvalue weighted by Gasteiger charge is -2.07. The van der Waals surface area contributed by atoms with Crippen LogP contribution in [0.15, 0.2) is 78.3 Å². The molecule has 0 saturated carbocycles. The van der Waals surface area contributed by atoms with Crippen molar-refractivity contribution in [1.82, 2.24) is 4.98 Å². The number of nitriles is 1. The van der Waals surface area contributed by atoms with Crippen LogP contribution in [0.3, 0.4) is 0 Å². The summed E-state index contributed by atoms with van der Waals surface area (Å²) in [5, 5.41) is 11.3. The van der Waals surface area contributed by atoms with Crippen LogP contribution in [0.5, 0.6) is 0 Å². The highest BCUT2D eigenvalue weighted by Crippen LogP contribution is 2.33. The van der Waals surface area contributed by atoms with Crippen molar-refractivity contribution in [2.75, 3.05) is 0 Å². The molecule has 2 aromatic heterocycles. The Morgan fingerprint density at radius 1 is 0.818 bits per heavy atom. The Balaban J connectivity index is 2.34. The standard InChI is InChI=1S/C19H14N2S/c20-14-18-16(11-13-22-18)17-10-6-1-2-7-12-21-19(17)15-8-4-3-5-9-15/h1-13,21H. The Morgan fingerprint density at radius 3 is 2.36 bits per heavy atom. The average molecular weight is 302 g/mol. The third-order valence-corrected chi connectivity index (χ3v) is 4.13. The first-order valence-corrected chi connectivity index (χ1v) is 7.82. The molecule has 0 aliphatic carbocycles. The van der Waals surface area contributed by atoms with E-state index in [9.17, 15) is 5.26 Å². The second-order valence-corrected chi connectivity index (χ2v) is 5.59. The molecule has 3 rings (SSSR count). The number of nitrogens with one attached hydrogen (secondary N) is 1. The minimum absolute atomic E-state index is 0.724. The van der Waals surface area contributed by atoms with Crippen LogP contribution in [0.4, 0.5) is 0 Å². The molecule has 0 bridgehead atoms. The van der Waals surface area contributed by atoms with Crippen molar-refractivity contribution in [1.29, 1.82) is 5.26 Å². The van der Waals surface area contributed by atoms with Crippen molar-refractivity contribution >= 4 is 11.3 Å². The number of hydrogen-bond donors (Lipinski definition) is 1. The predicted octanol–water partition coefficient (Wildman–Crippen LogP) is 5.41. The smallest absolute Gasteiger partial charge is 0.112 e. The molecule has 106 valence electrons. The van der Waals surface area contributed by atoms with Gasteiger partial charge in [0.15, 0.2) is 0 Å². The van der Waals surface area contributed by atoms with Gasteiger partial charge in [-0.3, -0.25) is 0 Å². The van der Waals surface area contributed by atoms with E-state index in [0.717, 1.165) is 27.3 Å². The quantitative estimate of drug-likeness (QED) is 0.675. The lowest BCUT2D eigenvalue weighted by molar-refractivity contribution is 1.35. The predicted molar refractivity (Wildman–Crippen MR) is 91.9 cm³/mol. The van der Waals surface area contributed by atoms with Crippen molar-refractivity contribution < 1.29 is 0 Å². The molecule has 3 aromatic rings. The Labute approximate surface area is 133 Å². The number of hydrogen-bond acceptors (Lipinski definition) is 2. The number of nitrogens with zero attached hydrogens (tertiary/aromatic N) is 1. The maximum atomic E-state index is 9.34. The molecule has 2 heterocycles. The van der Waals surface area contributed by atoms with Gasteiger partial charge in [0.2, 0.25) is 0 Å². The summed E-state index contributed by atoms with van der Waals surface area (Å²) in [6.45, 7) is 0. The second kappa shape index (κ2) is 6.75. The van der Waals surface area contributed by atoms with Crippen LogP contribution in [-0.2, 0) is 0 Å². The molecule has 0 atom stereocenters. The van der Waals surface area contributed by atoms with Crippen molar-refractivity contribution in [3.63, 3.8) is 0 Å². The molecule has 0 fully saturated rings. The van der Waals surface area contributed by atoms with Gasteiger partial charge >= 0.3 is 0 Å². The summed E-state index contributed by atoms with van der Waals surface area (Å²) in [5.41, 5.74) is 4.05. The highest BCUT2D eigenvalue weighted by molar-refractivity contribution is 7.11. The van der Waals surface area contributed by atoms with Crippen LogP contribution in [0.2, 0.25) is 0 Å². The van der Waals surface area contributed by atoms with E-state index < -0.39 is 0 Å². The van der Waals surface area contributed by atoms with Crippen LogP contribution in [0.1, 0.15) is 4.88 Å². The highest BCUT2D eigenvalue weighted by atomic mass is 32.1. The molecular weight excluding hydrogens is 288 g/mol. The first-order valence-electron chi connectivity index (χ1n) is 6.94. The number of aromatic nitrogens is 1. The number of H-pyrrole nitrogens is 1. The molecule has 2 nitrogen and oxygen atoms in total. The van der Waals surface area contributed by atoms with Gasteiger partial charge in [-0.25, -0.2) is 0 Å². The summed E-state index contributed by atoms with van der Waals surface area (Å²) < 4.78 is 0. The van der Waals surface area contributed by atoms with Gasteiger partial charge in [0.05, 0.1) is 5.69 Å². The maximum Gasteiger partial charge on any atom is 0.112 e. The fourth-order valence-corrected chi connectivity index (χ4v) is 3.00. The largest absolute Gasteiger partial charge is 0.361 e. The maximum absolute atomic E-state index is 9.34. The number of thiophene rings is 1. The molecule has 0 amide bonds. The van der Waals surface area contributed by atoms with Crippen LogP contribution in [0, 0.1) is 11.3 Å². The van der Waals surface area contributed by atoms with Crippen LogP contribution in [0.25, 0.3) is 22.4 Å². The fraction of sp³-hybridized carbons (Fsp3) is 0. The fourth-order valence-electron chi connectivity index (χ4n) is 2.30. The SMILES string of the molecule is N#Cc1sccc1-c1cccccc[nH]c1-c1ccccc1. The molecule has 0 spiro atoms. The monoisotopic (exact) mass is 302 g/mol. The number of aromatic amines is 1. The van der Waals surface area contributed by atoms with Crippen LogP contribution < -0.4 is 0 Å². The van der Waals surface area contributed by atoms with E-state index in [-0.39, 0.29) is 0 Å². The Kier molecular flexibility index (Phi) is 4.33. The summed E-state index contributed by atoms with van der Waals surface area (Å²) in [6.07, 6.45) is 1.91. The summed E-state index contributed by atoms with van der Waals surface area (Å²) in [6, 6.07) is 24.4. The third kappa shape index (κ3) is 2.93. The normalized spacial score (nSPS) is 9.77. The van der Waals surface area contributed by atoms with E-state index in [1.54, 1.807) is 0 Å². The molecule has 1 N–H and O–H groups in total. The Bertz CT molecular complexity index is 852. The zero-order valence-corrected chi connectivity index (χ0v) is 12.7. The molecule has 0 aliphatic rings. The van der Waals surface area contributed by atoms with Gasteiger partial charge in [-0.15, -0.1) is 11.3 Å². The Morgan fingerprint density at radius 2 is 1.55 bits per heavy atom. The topological polar surface area (TPSA) is 39.6 Å². The van der Waals surface area contributed by atoms with E-state index in [1.165, 1.54) is 11.3 Å². The average Bonchev–Trinajstić information content (AvgIpc) is 3.07. The van der Waals surface area contributed by atoms with Crippen molar-refractivity contribution in [3.05, 3.63) is 83.2 Å². The second-order valence-electron chi connectivity index (χ2n) is 4.68. The summed E-state index contributed by atoms with van der Waals surface area (Å²) in [5.74, 6) is 0. The molecule has 3 heteroatoms. The van der Waals surface area contributed by atoms with E-state index >= 15 is 0 Å². The minimum atomic E-state index is 0.724. The van der Waals surface area contributed by atoms with Gasteiger partial charge in [-0.05, 0) is 23.1 Å². The minimum Gasteiger partial charge on any atom is -0.361 e. The molecule has 22 heavy (non-hydrogen) atoms. The van der Waals surface area contributed by atoms with Crippen molar-refractivity contribution in [2.24, 2.45) is 0 Å². The number of benzene rings is 1. The van der Waals surface area contributed by atoms with Gasteiger partial charge in [0, 0.05) is 17.3 Å². The Hall–Kier alpha value is -2.83. The third-order valence-electron chi connectivity index (χ3n) is 3.31. The lowest BCUT2D eigenvalue weighted by atomic mass is 10.0. The van der Waals surface area contributed by atoms with Gasteiger partial charge < -0.3 is 4.98 Å². The zero-order valence-electron chi connectivity index (χ0n) is 11.9. The zero-order chi connectivity index (χ0) is 15.2. The van der Waals surface area contributed by atoms with Crippen molar-refractivity contribution in [3.8, 4) is 28.5 Å². The molecule has 0 radical (unpaired) electrons. The van der Waals surface area contributed by atoms with Gasteiger partial charge in [-0.1, -0.05) is 54.6 Å². The lowest BCUT2D eigenvalue weighted by Crippen LogP contribution is -1.86. The molecular formula is C19H14N2S. The highest BCUT2D eigenvalue weighted by Gasteiger charge is 2.11. The van der Waals surface area contributed by atoms with E-state index in [2.05, 4.69) is 23.2 Å². The van der Waals surface area contributed by atoms with E-state index in [4.69, 9.17) is 0 Å². The number of rotatable bonds is 2. The first-order chi connectivity index (χ1) is 10.9. The van der Waals surface area contributed by atoms with Crippen LogP contribution in [-0.4, -0.2) is 4.98 Å². The first kappa shape index (κ1) is 14.1. The molecule has 1 aromatic carbocycles. The van der Waals surface area contributed by atoms with Gasteiger partial charge in [0.25, 0.3) is 0 Å². The van der Waals surface area contributed by atoms with Crippen LogP contribution >= 0.6 is 11.3 Å².